The van der Waals surface area contributed by atoms with Crippen LogP contribution >= 0.6 is 0 Å². The average Bonchev–Trinajstić information content (AvgIpc) is 3.22. The van der Waals surface area contributed by atoms with Gasteiger partial charge in [0.05, 0.1) is 0 Å². The van der Waals surface area contributed by atoms with Crippen molar-refractivity contribution in [2.45, 2.75) is 38.6 Å². The third-order valence-electron chi connectivity index (χ3n) is 6.59. The molecule has 0 bridgehead atoms. The van der Waals surface area contributed by atoms with Crippen LogP contribution in [0.15, 0.2) is 72.8 Å². The Morgan fingerprint density at radius 2 is 1.73 bits per heavy atom. The molecule has 3 heteroatoms. The minimum Gasteiger partial charge on any atom is -0.342 e. The second-order valence-corrected chi connectivity index (χ2v) is 8.46. The van der Waals surface area contributed by atoms with Gasteiger partial charge in [0.25, 0.3) is 0 Å². The summed E-state index contributed by atoms with van der Waals surface area (Å²) >= 11 is 0. The number of hydrogen-bond acceptors (Lipinski definition) is 2. The van der Waals surface area contributed by atoms with E-state index < -0.39 is 0 Å². The number of likely N-dealkylation sites (tertiary alicyclic amines) is 1. The number of nitrogens with zero attached hydrogens (tertiary/aromatic N) is 1. The van der Waals surface area contributed by atoms with E-state index in [1.165, 1.54) is 21.9 Å². The average molecular weight is 401 g/mol. The lowest BCUT2D eigenvalue weighted by Crippen LogP contribution is -2.26. The third kappa shape index (κ3) is 4.41. The number of amides is 1. The molecule has 0 aromatic heterocycles. The zero-order valence-corrected chi connectivity index (χ0v) is 18.1. The highest BCUT2D eigenvalue weighted by Crippen LogP contribution is 2.37. The zero-order valence-electron chi connectivity index (χ0n) is 18.1. The van der Waals surface area contributed by atoms with E-state index in [4.69, 9.17) is 0 Å². The van der Waals surface area contributed by atoms with Crippen LogP contribution in [0.2, 0.25) is 0 Å². The van der Waals surface area contributed by atoms with Crippen LogP contribution in [-0.2, 0) is 4.79 Å². The summed E-state index contributed by atoms with van der Waals surface area (Å²) < 4.78 is 0. The fraction of sp³-hybridized carbons (Fsp3) is 0.370. The number of carbonyl (C=O) groups excluding carboxylic acids is 1. The molecule has 0 saturated carbocycles. The predicted molar refractivity (Wildman–Crippen MR) is 125 cm³/mol. The Bertz CT molecular complexity index is 979. The van der Waals surface area contributed by atoms with Crippen molar-refractivity contribution in [2.24, 2.45) is 5.92 Å². The molecule has 1 saturated heterocycles. The van der Waals surface area contributed by atoms with Gasteiger partial charge in [-0.3, -0.25) is 4.79 Å². The molecular weight excluding hydrogens is 368 g/mol. The van der Waals surface area contributed by atoms with Gasteiger partial charge in [0, 0.05) is 32.0 Å². The summed E-state index contributed by atoms with van der Waals surface area (Å²) in [6.07, 6.45) is 2.17. The van der Waals surface area contributed by atoms with Crippen LogP contribution in [0.3, 0.4) is 0 Å². The van der Waals surface area contributed by atoms with Crippen LogP contribution in [0.1, 0.15) is 49.8 Å². The number of nitrogens with one attached hydrogen (secondary N) is 1. The molecule has 30 heavy (non-hydrogen) atoms. The summed E-state index contributed by atoms with van der Waals surface area (Å²) in [5.74, 6) is 1.10. The standard InChI is InChI=1S/C27H32N2O/c1-3-28-27(25-15-9-13-21-12-7-8-14-24(21)25)17-16-23-18-29(20(2)30)19-26(23)22-10-5-4-6-11-22/h4-15,23,26-28H,3,16-19H2,1-2H3/t23-,26-,27?/m1/s1. The first-order valence-corrected chi connectivity index (χ1v) is 11.2. The van der Waals surface area contributed by atoms with E-state index in [2.05, 4.69) is 85.0 Å². The van der Waals surface area contributed by atoms with Crippen molar-refractivity contribution in [3.8, 4) is 0 Å². The van der Waals surface area contributed by atoms with Crippen LogP contribution in [0.5, 0.6) is 0 Å². The number of carbonyl (C=O) groups is 1. The smallest absolute Gasteiger partial charge is 0.219 e. The Labute approximate surface area is 180 Å². The molecule has 3 aromatic carbocycles. The normalized spacial score (nSPS) is 19.9. The highest BCUT2D eigenvalue weighted by molar-refractivity contribution is 5.86. The van der Waals surface area contributed by atoms with Gasteiger partial charge < -0.3 is 10.2 Å². The van der Waals surface area contributed by atoms with Crippen molar-refractivity contribution < 1.29 is 4.79 Å². The van der Waals surface area contributed by atoms with E-state index in [1.54, 1.807) is 6.92 Å². The first-order valence-electron chi connectivity index (χ1n) is 11.2. The summed E-state index contributed by atoms with van der Waals surface area (Å²) in [6.45, 7) is 6.52. The molecule has 4 rings (SSSR count). The highest BCUT2D eigenvalue weighted by Gasteiger charge is 2.35. The van der Waals surface area contributed by atoms with Gasteiger partial charge in [-0.05, 0) is 47.2 Å². The van der Waals surface area contributed by atoms with Crippen LogP contribution in [0.4, 0.5) is 0 Å². The van der Waals surface area contributed by atoms with E-state index in [1.807, 2.05) is 4.90 Å². The number of benzene rings is 3. The van der Waals surface area contributed by atoms with Crippen molar-refractivity contribution >= 4 is 16.7 Å². The topological polar surface area (TPSA) is 32.3 Å². The molecule has 3 aromatic rings. The minimum absolute atomic E-state index is 0.190. The molecule has 1 N–H and O–H groups in total. The van der Waals surface area contributed by atoms with E-state index in [-0.39, 0.29) is 5.91 Å². The monoisotopic (exact) mass is 400 g/mol. The summed E-state index contributed by atoms with van der Waals surface area (Å²) in [5.41, 5.74) is 2.74. The van der Waals surface area contributed by atoms with Crippen molar-refractivity contribution in [3.05, 3.63) is 83.9 Å². The lowest BCUT2D eigenvalue weighted by molar-refractivity contribution is -0.127. The molecule has 1 unspecified atom stereocenters. The molecule has 3 atom stereocenters. The van der Waals surface area contributed by atoms with E-state index in [0.29, 0.717) is 17.9 Å². The van der Waals surface area contributed by atoms with E-state index in [0.717, 1.165) is 32.5 Å². The lowest BCUT2D eigenvalue weighted by Gasteiger charge is -2.24. The van der Waals surface area contributed by atoms with Crippen molar-refractivity contribution in [1.29, 1.82) is 0 Å². The van der Waals surface area contributed by atoms with Gasteiger partial charge in [-0.1, -0.05) is 79.7 Å². The maximum Gasteiger partial charge on any atom is 0.219 e. The van der Waals surface area contributed by atoms with Gasteiger partial charge in [0.15, 0.2) is 0 Å². The number of rotatable bonds is 7. The summed E-state index contributed by atoms with van der Waals surface area (Å²) in [7, 11) is 0. The Morgan fingerprint density at radius 1 is 1.00 bits per heavy atom. The molecule has 3 nitrogen and oxygen atoms in total. The Hall–Kier alpha value is -2.65. The Balaban J connectivity index is 1.56. The van der Waals surface area contributed by atoms with Crippen molar-refractivity contribution in [2.75, 3.05) is 19.6 Å². The molecule has 156 valence electrons. The summed E-state index contributed by atoms with van der Waals surface area (Å²) in [4.78, 5) is 14.1. The maximum atomic E-state index is 12.1. The van der Waals surface area contributed by atoms with Crippen LogP contribution < -0.4 is 5.32 Å². The number of hydrogen-bond donors (Lipinski definition) is 1. The van der Waals surface area contributed by atoms with Crippen LogP contribution in [0.25, 0.3) is 10.8 Å². The van der Waals surface area contributed by atoms with Crippen molar-refractivity contribution in [1.82, 2.24) is 10.2 Å². The number of fused-ring (bicyclic) bond motifs is 1. The Morgan fingerprint density at radius 3 is 2.50 bits per heavy atom. The van der Waals surface area contributed by atoms with Gasteiger partial charge in [0.1, 0.15) is 0 Å². The second-order valence-electron chi connectivity index (χ2n) is 8.46. The molecular formula is C27H32N2O. The maximum absolute atomic E-state index is 12.1. The molecule has 1 aliphatic rings. The second kappa shape index (κ2) is 9.44. The molecule has 1 heterocycles. The van der Waals surface area contributed by atoms with Gasteiger partial charge in [-0.25, -0.2) is 0 Å². The largest absolute Gasteiger partial charge is 0.342 e. The van der Waals surface area contributed by atoms with E-state index in [9.17, 15) is 4.79 Å². The molecule has 0 radical (unpaired) electrons. The quantitative estimate of drug-likeness (QED) is 0.565. The fourth-order valence-electron chi connectivity index (χ4n) is 5.05. The molecule has 1 fully saturated rings. The van der Waals surface area contributed by atoms with Gasteiger partial charge in [0.2, 0.25) is 5.91 Å². The third-order valence-corrected chi connectivity index (χ3v) is 6.59. The Kier molecular flexibility index (Phi) is 6.49. The van der Waals surface area contributed by atoms with Crippen LogP contribution in [-0.4, -0.2) is 30.4 Å². The van der Waals surface area contributed by atoms with Gasteiger partial charge in [-0.15, -0.1) is 0 Å². The first kappa shape index (κ1) is 20.6. The van der Waals surface area contributed by atoms with Gasteiger partial charge in [-0.2, -0.15) is 0 Å². The van der Waals surface area contributed by atoms with Crippen LogP contribution in [0, 0.1) is 5.92 Å². The summed E-state index contributed by atoms with van der Waals surface area (Å²) in [5, 5.41) is 6.35. The summed E-state index contributed by atoms with van der Waals surface area (Å²) in [6, 6.07) is 26.3. The zero-order chi connectivity index (χ0) is 20.9. The SMILES string of the molecule is CCNC(CC[C@@H]1CN(C(C)=O)C[C@@H]1c1ccccc1)c1cccc2ccccc12. The molecule has 0 spiro atoms. The van der Waals surface area contributed by atoms with E-state index >= 15 is 0 Å². The molecule has 1 aliphatic heterocycles. The van der Waals surface area contributed by atoms with Gasteiger partial charge >= 0.3 is 0 Å². The van der Waals surface area contributed by atoms with Crippen molar-refractivity contribution in [3.63, 3.8) is 0 Å². The lowest BCUT2D eigenvalue weighted by atomic mass is 9.84. The fourth-order valence-corrected chi connectivity index (χ4v) is 5.05. The minimum atomic E-state index is 0.190. The molecule has 1 amide bonds. The highest BCUT2D eigenvalue weighted by atomic mass is 16.2. The molecule has 0 aliphatic carbocycles. The predicted octanol–water partition coefficient (Wildman–Crippen LogP) is 5.53. The first-order chi connectivity index (χ1) is 14.7.